The van der Waals surface area contributed by atoms with Crippen molar-refractivity contribution in [2.75, 3.05) is 0 Å². The molecule has 0 spiro atoms. The first-order valence-electron chi connectivity index (χ1n) is 2.91. The Bertz CT molecular complexity index is 161. The molecule has 0 amide bonds. The SMILES string of the molecule is C=CC/C=C(\C)C(=O)ON. The molecule has 0 aliphatic heterocycles. The Morgan fingerprint density at radius 2 is 2.40 bits per heavy atom. The smallest absolute Gasteiger partial charge is 0.351 e. The van der Waals surface area contributed by atoms with Gasteiger partial charge in [0.15, 0.2) is 0 Å². The van der Waals surface area contributed by atoms with Gasteiger partial charge >= 0.3 is 5.97 Å². The molecule has 0 bridgehead atoms. The average Bonchev–Trinajstić information content (AvgIpc) is 1.98. The summed E-state index contributed by atoms with van der Waals surface area (Å²) in [5.41, 5.74) is 0.502. The van der Waals surface area contributed by atoms with Gasteiger partial charge in [-0.05, 0) is 13.3 Å². The van der Waals surface area contributed by atoms with Crippen molar-refractivity contribution >= 4 is 5.97 Å². The lowest BCUT2D eigenvalue weighted by atomic mass is 10.2. The van der Waals surface area contributed by atoms with E-state index in [-0.39, 0.29) is 0 Å². The van der Waals surface area contributed by atoms with E-state index in [4.69, 9.17) is 0 Å². The zero-order valence-corrected chi connectivity index (χ0v) is 5.96. The lowest BCUT2D eigenvalue weighted by Crippen LogP contribution is -2.10. The Hall–Kier alpha value is -1.09. The van der Waals surface area contributed by atoms with Crippen LogP contribution < -0.4 is 5.90 Å². The molecule has 0 atom stereocenters. The van der Waals surface area contributed by atoms with Crippen molar-refractivity contribution in [2.45, 2.75) is 13.3 Å². The first-order valence-corrected chi connectivity index (χ1v) is 2.91. The van der Waals surface area contributed by atoms with Crippen molar-refractivity contribution in [3.05, 3.63) is 24.3 Å². The van der Waals surface area contributed by atoms with E-state index >= 15 is 0 Å². The minimum atomic E-state index is -0.498. The largest absolute Gasteiger partial charge is 0.370 e. The minimum absolute atomic E-state index is 0.498. The molecule has 56 valence electrons. The maximum Gasteiger partial charge on any atom is 0.351 e. The molecule has 0 heterocycles. The molecule has 0 unspecified atom stereocenters. The van der Waals surface area contributed by atoms with E-state index < -0.39 is 5.97 Å². The van der Waals surface area contributed by atoms with Gasteiger partial charge in [-0.15, -0.1) is 6.58 Å². The van der Waals surface area contributed by atoms with Crippen LogP contribution in [0.5, 0.6) is 0 Å². The first kappa shape index (κ1) is 8.91. The number of nitrogens with two attached hydrogens (primary N) is 1. The van der Waals surface area contributed by atoms with Crippen molar-refractivity contribution in [3.63, 3.8) is 0 Å². The summed E-state index contributed by atoms with van der Waals surface area (Å²) in [5, 5.41) is 0. The van der Waals surface area contributed by atoms with Gasteiger partial charge in [-0.3, -0.25) is 0 Å². The van der Waals surface area contributed by atoms with Gasteiger partial charge < -0.3 is 4.84 Å². The van der Waals surface area contributed by atoms with E-state index in [0.29, 0.717) is 12.0 Å². The standard InChI is InChI=1S/C7H11NO2/c1-3-4-5-6(2)7(9)10-8/h3,5H,1,4,8H2,2H3/b6-5+. The summed E-state index contributed by atoms with van der Waals surface area (Å²) >= 11 is 0. The quantitative estimate of drug-likeness (QED) is 0.361. The zero-order chi connectivity index (χ0) is 7.98. The van der Waals surface area contributed by atoms with Gasteiger partial charge in [0, 0.05) is 5.57 Å². The molecule has 2 N–H and O–H groups in total. The van der Waals surface area contributed by atoms with Crippen molar-refractivity contribution in [1.29, 1.82) is 0 Å². The lowest BCUT2D eigenvalue weighted by Gasteiger charge is -1.94. The van der Waals surface area contributed by atoms with Crippen LogP contribution >= 0.6 is 0 Å². The van der Waals surface area contributed by atoms with Crippen LogP contribution in [0.3, 0.4) is 0 Å². The first-order chi connectivity index (χ1) is 4.72. The summed E-state index contributed by atoms with van der Waals surface area (Å²) in [5.74, 6) is 4.13. The molecule has 0 saturated carbocycles. The third kappa shape index (κ3) is 3.04. The Morgan fingerprint density at radius 3 is 2.80 bits per heavy atom. The van der Waals surface area contributed by atoms with Crippen LogP contribution in [0.2, 0.25) is 0 Å². The fourth-order valence-electron chi connectivity index (χ4n) is 0.436. The molecule has 10 heavy (non-hydrogen) atoms. The van der Waals surface area contributed by atoms with E-state index in [1.807, 2.05) is 0 Å². The molecule has 0 saturated heterocycles. The molecular weight excluding hydrogens is 130 g/mol. The highest BCUT2D eigenvalue weighted by Crippen LogP contribution is 1.96. The maximum atomic E-state index is 10.6. The maximum absolute atomic E-state index is 10.6. The van der Waals surface area contributed by atoms with Gasteiger partial charge in [-0.25, -0.2) is 4.79 Å². The van der Waals surface area contributed by atoms with E-state index in [1.54, 1.807) is 19.1 Å². The molecule has 0 fully saturated rings. The summed E-state index contributed by atoms with van der Waals surface area (Å²) < 4.78 is 0. The molecule has 0 aromatic carbocycles. The van der Waals surface area contributed by atoms with Gasteiger partial charge in [0.25, 0.3) is 0 Å². The normalized spacial score (nSPS) is 10.8. The molecule has 3 heteroatoms. The molecular formula is C7H11NO2. The van der Waals surface area contributed by atoms with Crippen molar-refractivity contribution in [1.82, 2.24) is 0 Å². The third-order valence-electron chi connectivity index (χ3n) is 1.02. The predicted molar refractivity (Wildman–Crippen MR) is 38.9 cm³/mol. The summed E-state index contributed by atoms with van der Waals surface area (Å²) in [6.45, 7) is 5.13. The molecule has 0 aliphatic rings. The van der Waals surface area contributed by atoms with E-state index in [1.165, 1.54) is 0 Å². The van der Waals surface area contributed by atoms with Gasteiger partial charge in [0.1, 0.15) is 0 Å². The Morgan fingerprint density at radius 1 is 1.80 bits per heavy atom. The van der Waals surface area contributed by atoms with Crippen LogP contribution in [0.25, 0.3) is 0 Å². The van der Waals surface area contributed by atoms with Crippen LogP contribution in [0.15, 0.2) is 24.3 Å². The fraction of sp³-hybridized carbons (Fsp3) is 0.286. The molecule has 0 aliphatic carbocycles. The van der Waals surface area contributed by atoms with Crippen LogP contribution in [-0.2, 0) is 9.63 Å². The summed E-state index contributed by atoms with van der Waals surface area (Å²) in [6.07, 6.45) is 4.04. The van der Waals surface area contributed by atoms with Crippen LogP contribution in [-0.4, -0.2) is 5.97 Å². The topological polar surface area (TPSA) is 52.3 Å². The molecule has 0 rings (SSSR count). The molecule has 0 radical (unpaired) electrons. The van der Waals surface area contributed by atoms with Crippen molar-refractivity contribution in [3.8, 4) is 0 Å². The van der Waals surface area contributed by atoms with Crippen LogP contribution in [0, 0.1) is 0 Å². The van der Waals surface area contributed by atoms with E-state index in [9.17, 15) is 4.79 Å². The van der Waals surface area contributed by atoms with E-state index in [2.05, 4.69) is 17.3 Å². The van der Waals surface area contributed by atoms with Crippen molar-refractivity contribution in [2.24, 2.45) is 5.90 Å². The third-order valence-corrected chi connectivity index (χ3v) is 1.02. The van der Waals surface area contributed by atoms with Gasteiger partial charge in [0.2, 0.25) is 0 Å². The second kappa shape index (κ2) is 4.76. The van der Waals surface area contributed by atoms with Crippen molar-refractivity contribution < 1.29 is 9.63 Å². The van der Waals surface area contributed by atoms with Gasteiger partial charge in [0.05, 0.1) is 0 Å². The second-order valence-corrected chi connectivity index (χ2v) is 1.82. The highest BCUT2D eigenvalue weighted by Gasteiger charge is 2.00. The Kier molecular flexibility index (Phi) is 4.24. The number of hydrogen-bond donors (Lipinski definition) is 1. The Labute approximate surface area is 60.1 Å². The molecule has 0 aromatic rings. The Balaban J connectivity index is 3.91. The number of carbonyl (C=O) groups is 1. The van der Waals surface area contributed by atoms with Crippen LogP contribution in [0.1, 0.15) is 13.3 Å². The van der Waals surface area contributed by atoms with Gasteiger partial charge in [-0.2, -0.15) is 5.90 Å². The predicted octanol–water partition coefficient (Wildman–Crippen LogP) is 0.926. The summed E-state index contributed by atoms with van der Waals surface area (Å²) in [6, 6.07) is 0. The highest BCUT2D eigenvalue weighted by molar-refractivity contribution is 5.87. The lowest BCUT2D eigenvalue weighted by molar-refractivity contribution is -0.139. The number of carbonyl (C=O) groups excluding carboxylic acids is 1. The number of rotatable bonds is 3. The summed E-state index contributed by atoms with van der Waals surface area (Å²) in [4.78, 5) is 14.5. The fourth-order valence-corrected chi connectivity index (χ4v) is 0.436. The van der Waals surface area contributed by atoms with E-state index in [0.717, 1.165) is 0 Å². The number of allylic oxidation sites excluding steroid dienone is 2. The molecule has 3 nitrogen and oxygen atoms in total. The van der Waals surface area contributed by atoms with Crippen LogP contribution in [0.4, 0.5) is 0 Å². The zero-order valence-electron chi connectivity index (χ0n) is 5.96. The highest BCUT2D eigenvalue weighted by atomic mass is 16.7. The minimum Gasteiger partial charge on any atom is -0.370 e. The molecule has 0 aromatic heterocycles. The van der Waals surface area contributed by atoms with Gasteiger partial charge in [-0.1, -0.05) is 12.2 Å². The monoisotopic (exact) mass is 141 g/mol. The summed E-state index contributed by atoms with van der Waals surface area (Å²) in [7, 11) is 0. The second-order valence-electron chi connectivity index (χ2n) is 1.82. The number of hydrogen-bond acceptors (Lipinski definition) is 3. The average molecular weight is 141 g/mol.